The molecule has 0 aromatic carbocycles. The van der Waals surface area contributed by atoms with Gasteiger partial charge in [0.05, 0.1) is 5.69 Å². The van der Waals surface area contributed by atoms with Gasteiger partial charge in [0, 0.05) is 18.0 Å². The highest BCUT2D eigenvalue weighted by molar-refractivity contribution is 7.97. The Morgan fingerprint density at radius 1 is 1.54 bits per heavy atom. The van der Waals surface area contributed by atoms with Gasteiger partial charge >= 0.3 is 0 Å². The first-order valence-electron chi connectivity index (χ1n) is 4.29. The van der Waals surface area contributed by atoms with Gasteiger partial charge in [-0.1, -0.05) is 0 Å². The topological polar surface area (TPSA) is 37.8 Å². The number of anilines is 1. The van der Waals surface area contributed by atoms with Gasteiger partial charge in [0.25, 0.3) is 0 Å². The number of aromatic nitrogens is 2. The second kappa shape index (κ2) is 5.07. The molecule has 3 nitrogen and oxygen atoms in total. The number of hydrogen-bond donors (Lipinski definition) is 1. The highest BCUT2D eigenvalue weighted by Crippen LogP contribution is 2.08. The van der Waals surface area contributed by atoms with Gasteiger partial charge in [0.1, 0.15) is 0 Å². The van der Waals surface area contributed by atoms with Gasteiger partial charge in [0.15, 0.2) is 0 Å². The van der Waals surface area contributed by atoms with Crippen LogP contribution in [-0.4, -0.2) is 22.3 Å². The molecule has 72 valence electrons. The van der Waals surface area contributed by atoms with E-state index in [1.807, 2.05) is 6.07 Å². The van der Waals surface area contributed by atoms with Gasteiger partial charge in [-0.2, -0.15) is 11.8 Å². The third-order valence-electron chi connectivity index (χ3n) is 1.42. The van der Waals surface area contributed by atoms with E-state index in [-0.39, 0.29) is 0 Å². The van der Waals surface area contributed by atoms with Crippen molar-refractivity contribution in [2.75, 3.05) is 11.6 Å². The lowest BCUT2D eigenvalue weighted by molar-refractivity contribution is 0.870. The molecular weight excluding hydrogens is 182 g/mol. The summed E-state index contributed by atoms with van der Waals surface area (Å²) in [6, 6.07) is 2.33. The number of nitrogens with zero attached hydrogens (tertiary/aromatic N) is 2. The molecule has 4 heteroatoms. The van der Waals surface area contributed by atoms with E-state index in [9.17, 15) is 0 Å². The van der Waals surface area contributed by atoms with Crippen LogP contribution in [0, 0.1) is 0 Å². The molecule has 0 aliphatic heterocycles. The Morgan fingerprint density at radius 2 is 2.31 bits per heavy atom. The first-order chi connectivity index (χ1) is 6.22. The Balaban J connectivity index is 2.67. The summed E-state index contributed by atoms with van der Waals surface area (Å²) >= 11 is 1.76. The summed E-state index contributed by atoms with van der Waals surface area (Å²) in [6.07, 6.45) is 3.86. The third-order valence-corrected chi connectivity index (χ3v) is 2.01. The van der Waals surface area contributed by atoms with E-state index in [2.05, 4.69) is 35.4 Å². The molecule has 0 fully saturated rings. The molecule has 0 bridgehead atoms. The Bertz CT molecular complexity index is 263. The largest absolute Gasteiger partial charge is 0.352 e. The van der Waals surface area contributed by atoms with Crippen molar-refractivity contribution in [1.82, 2.24) is 9.97 Å². The zero-order chi connectivity index (χ0) is 9.68. The fraction of sp³-hybridized carbons (Fsp3) is 0.556. The maximum absolute atomic E-state index is 4.36. The summed E-state index contributed by atoms with van der Waals surface area (Å²) in [6.45, 7) is 4.15. The molecule has 1 heterocycles. The van der Waals surface area contributed by atoms with Crippen LogP contribution in [0.1, 0.15) is 19.5 Å². The predicted molar refractivity (Wildman–Crippen MR) is 58.0 cm³/mol. The molecule has 0 saturated heterocycles. The van der Waals surface area contributed by atoms with Crippen molar-refractivity contribution in [2.24, 2.45) is 0 Å². The van der Waals surface area contributed by atoms with Crippen LogP contribution < -0.4 is 5.32 Å². The van der Waals surface area contributed by atoms with Gasteiger partial charge in [0.2, 0.25) is 5.95 Å². The van der Waals surface area contributed by atoms with Crippen LogP contribution in [0.15, 0.2) is 12.3 Å². The number of thioether (sulfide) groups is 1. The molecule has 1 rings (SSSR count). The maximum Gasteiger partial charge on any atom is 0.223 e. The van der Waals surface area contributed by atoms with Gasteiger partial charge in [-0.15, -0.1) is 0 Å². The average molecular weight is 197 g/mol. The number of nitrogens with one attached hydrogen (secondary N) is 1. The van der Waals surface area contributed by atoms with Crippen LogP contribution in [0.5, 0.6) is 0 Å². The van der Waals surface area contributed by atoms with Gasteiger partial charge in [-0.3, -0.25) is 0 Å². The smallest absolute Gasteiger partial charge is 0.223 e. The maximum atomic E-state index is 4.36. The number of rotatable bonds is 4. The normalized spacial score (nSPS) is 10.5. The SMILES string of the molecule is CSCc1ccnc(NC(C)C)n1. The predicted octanol–water partition coefficient (Wildman–Crippen LogP) is 2.16. The molecule has 1 N–H and O–H groups in total. The molecule has 1 aromatic rings. The van der Waals surface area contributed by atoms with E-state index >= 15 is 0 Å². The fourth-order valence-electron chi connectivity index (χ4n) is 0.952. The fourth-order valence-corrected chi connectivity index (χ4v) is 1.41. The summed E-state index contributed by atoms with van der Waals surface area (Å²) in [5, 5.41) is 3.17. The lowest BCUT2D eigenvalue weighted by atomic mass is 10.4. The standard InChI is InChI=1S/C9H15N3S/c1-7(2)11-9-10-5-4-8(12-9)6-13-3/h4-5,7H,6H2,1-3H3,(H,10,11,12). The summed E-state index contributed by atoms with van der Waals surface area (Å²) in [4.78, 5) is 8.49. The first kappa shape index (κ1) is 10.3. The van der Waals surface area contributed by atoms with Gasteiger partial charge < -0.3 is 5.32 Å². The van der Waals surface area contributed by atoms with E-state index in [1.54, 1.807) is 18.0 Å². The van der Waals surface area contributed by atoms with Crippen LogP contribution in [0.2, 0.25) is 0 Å². The Hall–Kier alpha value is -0.770. The number of hydrogen-bond acceptors (Lipinski definition) is 4. The monoisotopic (exact) mass is 197 g/mol. The lowest BCUT2D eigenvalue weighted by Crippen LogP contribution is -2.12. The van der Waals surface area contributed by atoms with E-state index in [4.69, 9.17) is 0 Å². The molecular formula is C9H15N3S. The molecule has 0 unspecified atom stereocenters. The Labute approximate surface area is 83.4 Å². The Kier molecular flexibility index (Phi) is 4.02. The van der Waals surface area contributed by atoms with Crippen LogP contribution in [0.25, 0.3) is 0 Å². The van der Waals surface area contributed by atoms with Crippen molar-refractivity contribution >= 4 is 17.7 Å². The summed E-state index contributed by atoms with van der Waals surface area (Å²) < 4.78 is 0. The highest BCUT2D eigenvalue weighted by atomic mass is 32.2. The summed E-state index contributed by atoms with van der Waals surface area (Å²) in [5.41, 5.74) is 1.07. The lowest BCUT2D eigenvalue weighted by Gasteiger charge is -2.08. The molecule has 0 amide bonds. The second-order valence-electron chi connectivity index (χ2n) is 3.10. The Morgan fingerprint density at radius 3 is 2.92 bits per heavy atom. The van der Waals surface area contributed by atoms with Crippen molar-refractivity contribution in [3.05, 3.63) is 18.0 Å². The third kappa shape index (κ3) is 3.63. The van der Waals surface area contributed by atoms with Crippen molar-refractivity contribution < 1.29 is 0 Å². The molecule has 13 heavy (non-hydrogen) atoms. The van der Waals surface area contributed by atoms with Crippen LogP contribution in [0.4, 0.5) is 5.95 Å². The molecule has 0 radical (unpaired) electrons. The minimum atomic E-state index is 0.379. The summed E-state index contributed by atoms with van der Waals surface area (Å²) in [5.74, 6) is 1.66. The van der Waals surface area contributed by atoms with Crippen LogP contribution >= 0.6 is 11.8 Å². The first-order valence-corrected chi connectivity index (χ1v) is 5.69. The van der Waals surface area contributed by atoms with Crippen molar-refractivity contribution in [1.29, 1.82) is 0 Å². The van der Waals surface area contributed by atoms with E-state index in [1.165, 1.54) is 0 Å². The summed E-state index contributed by atoms with van der Waals surface area (Å²) in [7, 11) is 0. The minimum absolute atomic E-state index is 0.379. The highest BCUT2D eigenvalue weighted by Gasteiger charge is 1.99. The van der Waals surface area contributed by atoms with Crippen LogP contribution in [0.3, 0.4) is 0 Å². The molecule has 1 aromatic heterocycles. The zero-order valence-electron chi connectivity index (χ0n) is 8.24. The van der Waals surface area contributed by atoms with E-state index in [0.29, 0.717) is 6.04 Å². The van der Waals surface area contributed by atoms with Crippen molar-refractivity contribution in [3.63, 3.8) is 0 Å². The van der Waals surface area contributed by atoms with Crippen LogP contribution in [-0.2, 0) is 5.75 Å². The molecule has 0 saturated carbocycles. The average Bonchev–Trinajstić information content (AvgIpc) is 2.04. The zero-order valence-corrected chi connectivity index (χ0v) is 9.06. The molecule has 0 aliphatic rings. The van der Waals surface area contributed by atoms with E-state index in [0.717, 1.165) is 17.4 Å². The minimum Gasteiger partial charge on any atom is -0.352 e. The molecule has 0 aliphatic carbocycles. The van der Waals surface area contributed by atoms with Gasteiger partial charge in [-0.25, -0.2) is 9.97 Å². The second-order valence-corrected chi connectivity index (χ2v) is 3.97. The van der Waals surface area contributed by atoms with E-state index < -0.39 is 0 Å². The van der Waals surface area contributed by atoms with Crippen molar-refractivity contribution in [2.45, 2.75) is 25.6 Å². The van der Waals surface area contributed by atoms with Gasteiger partial charge in [-0.05, 0) is 26.2 Å². The quantitative estimate of drug-likeness (QED) is 0.802. The molecule has 0 atom stereocenters. The molecule has 0 spiro atoms. The van der Waals surface area contributed by atoms with Crippen molar-refractivity contribution in [3.8, 4) is 0 Å².